The van der Waals surface area contributed by atoms with Crippen molar-refractivity contribution < 1.29 is 0 Å². The maximum absolute atomic E-state index is 4.33. The Morgan fingerprint density at radius 1 is 0.379 bits per heavy atom. The normalized spacial score (nSPS) is 12.3. The lowest BCUT2D eigenvalue weighted by Crippen LogP contribution is -2.32. The van der Waals surface area contributed by atoms with Gasteiger partial charge in [-0.3, -0.25) is 0 Å². The molecule has 8 heteroatoms. The molecule has 0 atom stereocenters. The van der Waals surface area contributed by atoms with Crippen LogP contribution in [0.25, 0.3) is 80.0 Å². The quantitative estimate of drug-likeness (QED) is 0.0527. The van der Waals surface area contributed by atoms with Gasteiger partial charge in [-0.15, -0.1) is 79.1 Å². The van der Waals surface area contributed by atoms with E-state index in [1.54, 1.807) is 0 Å². The Balaban J connectivity index is 1.32. The van der Waals surface area contributed by atoms with E-state index in [0.717, 1.165) is 0 Å². The summed E-state index contributed by atoms with van der Waals surface area (Å²) in [4.78, 5) is 5.46. The van der Waals surface area contributed by atoms with Crippen molar-refractivity contribution in [3.8, 4) is 42.4 Å². The molecule has 0 nitrogen and oxygen atoms in total. The number of benzene rings is 3. The molecule has 0 aliphatic rings. The van der Waals surface area contributed by atoms with E-state index >= 15 is 0 Å². The molecule has 0 spiro atoms. The average molecular weight is 1010 g/mol. The van der Waals surface area contributed by atoms with Crippen molar-refractivity contribution in [2.24, 2.45) is 0 Å². The van der Waals surface area contributed by atoms with Gasteiger partial charge < -0.3 is 0 Å². The van der Waals surface area contributed by atoms with Gasteiger partial charge in [-0.25, -0.2) is 0 Å². The Hall–Kier alpha value is -3.03. The zero-order valence-electron chi connectivity index (χ0n) is 40.1. The lowest BCUT2D eigenvalue weighted by atomic mass is 10.0. The highest BCUT2D eigenvalue weighted by molar-refractivity contribution is 7.30. The molecular weight excluding hydrogens is 945 g/mol. The summed E-state index contributed by atoms with van der Waals surface area (Å²) < 4.78 is 8.22. The molecule has 0 saturated carbocycles. The van der Waals surface area contributed by atoms with E-state index in [9.17, 15) is 0 Å². The van der Waals surface area contributed by atoms with Gasteiger partial charge in [-0.1, -0.05) is 130 Å². The van der Waals surface area contributed by atoms with Crippen LogP contribution in [0.2, 0.25) is 36.3 Å². The summed E-state index contributed by atoms with van der Waals surface area (Å²) >= 11 is 11.6. The van der Waals surface area contributed by atoms with E-state index in [-0.39, 0.29) is 0 Å². The van der Waals surface area contributed by atoms with E-state index in [0.29, 0.717) is 0 Å². The van der Waals surface area contributed by atoms with Gasteiger partial charge in [0.2, 0.25) is 0 Å². The molecular formula is C58H66S6Si2. The Bertz CT molecular complexity index is 2820. The van der Waals surface area contributed by atoms with Crippen molar-refractivity contribution in [3.05, 3.63) is 82.6 Å². The van der Waals surface area contributed by atoms with Crippen LogP contribution in [0.1, 0.15) is 130 Å². The Morgan fingerprint density at radius 3 is 1.06 bits per heavy atom. The minimum atomic E-state index is -1.87. The van der Waals surface area contributed by atoms with E-state index in [2.05, 4.69) is 136 Å². The third kappa shape index (κ3) is 10.2. The van der Waals surface area contributed by atoms with Crippen molar-refractivity contribution in [2.75, 3.05) is 0 Å². The molecule has 0 saturated heterocycles. The highest BCUT2D eigenvalue weighted by atomic mass is 32.1. The first-order valence-electron chi connectivity index (χ1n) is 25.2. The van der Waals surface area contributed by atoms with Crippen molar-refractivity contribution >= 4 is 145 Å². The third-order valence-corrected chi connectivity index (χ3v) is 29.9. The summed E-state index contributed by atoms with van der Waals surface area (Å²) in [7, 11) is -3.74. The summed E-state index contributed by atoms with van der Waals surface area (Å²) in [6.07, 6.45) is 15.3. The molecule has 66 heavy (non-hydrogen) atoms. The van der Waals surface area contributed by atoms with Crippen LogP contribution in [-0.2, 0) is 0 Å². The maximum Gasteiger partial charge on any atom is 0.138 e. The van der Waals surface area contributed by atoms with Gasteiger partial charge in [0.15, 0.2) is 0 Å². The van der Waals surface area contributed by atoms with Gasteiger partial charge in [0.05, 0.1) is 20.5 Å². The van der Waals surface area contributed by atoms with Crippen LogP contribution in [0.3, 0.4) is 0 Å². The Kier molecular flexibility index (Phi) is 15.8. The minimum Gasteiger partial charge on any atom is -0.144 e. The van der Waals surface area contributed by atoms with Crippen LogP contribution in [-0.4, -0.2) is 16.1 Å². The predicted octanol–water partition coefficient (Wildman–Crippen LogP) is 21.8. The van der Waals surface area contributed by atoms with Crippen LogP contribution in [0.5, 0.6) is 0 Å². The monoisotopic (exact) mass is 1010 g/mol. The highest BCUT2D eigenvalue weighted by Gasteiger charge is 2.32. The van der Waals surface area contributed by atoms with E-state index in [1.165, 1.54) is 204 Å². The lowest BCUT2D eigenvalue weighted by molar-refractivity contribution is 0.802. The molecule has 9 rings (SSSR count). The zero-order chi connectivity index (χ0) is 45.7. The van der Waals surface area contributed by atoms with Gasteiger partial charge in [0.1, 0.15) is 16.1 Å². The molecule has 0 fully saturated rings. The van der Waals surface area contributed by atoms with Crippen LogP contribution in [0.15, 0.2) is 71.4 Å². The molecule has 0 N–H and O–H groups in total. The lowest BCUT2D eigenvalue weighted by Gasteiger charge is -2.26. The highest BCUT2D eigenvalue weighted by Crippen LogP contribution is 2.49. The van der Waals surface area contributed by atoms with E-state index in [4.69, 9.17) is 0 Å². The number of rotatable bonds is 20. The van der Waals surface area contributed by atoms with Gasteiger partial charge in [0.25, 0.3) is 0 Å². The van der Waals surface area contributed by atoms with Gasteiger partial charge in [0, 0.05) is 49.1 Å². The first-order chi connectivity index (χ1) is 32.3. The van der Waals surface area contributed by atoms with Crippen molar-refractivity contribution in [1.29, 1.82) is 0 Å². The molecule has 0 aliphatic carbocycles. The topological polar surface area (TPSA) is 0 Å². The molecule has 342 valence electrons. The number of hydrogen-bond acceptors (Lipinski definition) is 6. The fraction of sp³-hybridized carbons (Fsp3) is 0.414. The van der Waals surface area contributed by atoms with E-state index in [1.807, 2.05) is 68.0 Å². The molecule has 0 amide bonds. The fourth-order valence-electron chi connectivity index (χ4n) is 10.1. The molecule has 6 heterocycles. The standard InChI is InChI=1S/C58H66S6Si2/c1-7-13-25-65(26-14-8-2,27-15-9-3)31-21-45-47-39-55(53-37-43-35-49-41(19-23-59-49)33-51(43)61-53)64-58(47)46(22-32-66(28-16-10-4,29-17-11-5)30-18-12-6)48-40-56(63-57(45)48)54-38-44-36-50-42(20-24-60-50)34-52(44)62-54/h19-20,23-24,33-40H,7-18,25-30H2,1-6H3. The fourth-order valence-corrected chi connectivity index (χ4v) is 25.6. The molecule has 0 bridgehead atoms. The van der Waals surface area contributed by atoms with Gasteiger partial charge in [-0.2, -0.15) is 0 Å². The van der Waals surface area contributed by atoms with Crippen molar-refractivity contribution in [2.45, 2.75) is 155 Å². The SMILES string of the molecule is CCCC[Si](C#Cc1c2cc(-c3cc4cc5sccc5cc4s3)sc2c(C#C[Si](CCCC)(CCCC)CCCC)c2cc(-c3cc4cc5sccc5cc4s3)sc12)(CCCC)CCCC. The number of hydrogen-bond donors (Lipinski definition) is 0. The van der Waals surface area contributed by atoms with Crippen molar-refractivity contribution in [3.63, 3.8) is 0 Å². The average Bonchev–Trinajstić information content (AvgIpc) is 4.20. The van der Waals surface area contributed by atoms with E-state index < -0.39 is 16.1 Å². The second-order valence-corrected chi connectivity index (χ2v) is 33.8. The third-order valence-electron chi connectivity index (χ3n) is 14.1. The van der Waals surface area contributed by atoms with Crippen LogP contribution in [0.4, 0.5) is 0 Å². The Morgan fingerprint density at radius 2 is 0.712 bits per heavy atom. The largest absolute Gasteiger partial charge is 0.144 e. The number of unbranched alkanes of at least 4 members (excludes halogenated alkanes) is 6. The smallest absolute Gasteiger partial charge is 0.138 e. The summed E-state index contributed by atoms with van der Waals surface area (Å²) in [6.45, 7) is 14.2. The second kappa shape index (κ2) is 21.7. The van der Waals surface area contributed by atoms with Gasteiger partial charge >= 0.3 is 0 Å². The zero-order valence-corrected chi connectivity index (χ0v) is 47.0. The molecule has 6 aromatic heterocycles. The number of fused-ring (bicyclic) bond motifs is 6. The second-order valence-electron chi connectivity index (χ2n) is 19.1. The molecule has 0 aliphatic heterocycles. The van der Waals surface area contributed by atoms with Gasteiger partial charge in [-0.05, 0) is 129 Å². The maximum atomic E-state index is 4.33. The van der Waals surface area contributed by atoms with Crippen molar-refractivity contribution in [1.82, 2.24) is 0 Å². The molecule has 0 radical (unpaired) electrons. The molecule has 3 aromatic carbocycles. The van der Waals surface area contributed by atoms with Crippen LogP contribution in [0, 0.1) is 22.9 Å². The van der Waals surface area contributed by atoms with Crippen LogP contribution < -0.4 is 0 Å². The summed E-state index contributed by atoms with van der Waals surface area (Å²) in [6, 6.07) is 32.2. The first kappa shape index (κ1) is 48.0. The Labute approximate surface area is 420 Å². The molecule has 9 aromatic rings. The summed E-state index contributed by atoms with van der Waals surface area (Å²) in [5.41, 5.74) is 11.2. The summed E-state index contributed by atoms with van der Waals surface area (Å²) in [5.74, 6) is 8.40. The molecule has 0 unspecified atom stereocenters. The van der Waals surface area contributed by atoms with Crippen LogP contribution >= 0.6 is 68.0 Å². The predicted molar refractivity (Wildman–Crippen MR) is 313 cm³/mol. The number of thiophene rings is 6. The summed E-state index contributed by atoms with van der Waals surface area (Å²) in [5, 5.41) is 12.5. The minimum absolute atomic E-state index is 1.25. The first-order valence-corrected chi connectivity index (χ1v) is 35.5.